The van der Waals surface area contributed by atoms with Crippen molar-refractivity contribution in [1.29, 1.82) is 0 Å². The van der Waals surface area contributed by atoms with Crippen molar-refractivity contribution in [2.75, 3.05) is 5.32 Å². The van der Waals surface area contributed by atoms with E-state index in [-0.39, 0.29) is 17.7 Å². The molecule has 2 amide bonds. The number of carboxylic acid groups (broad SMARTS) is 1. The maximum absolute atomic E-state index is 13.1. The molecule has 1 aromatic heterocycles. The molecule has 2 fully saturated rings. The predicted molar refractivity (Wildman–Crippen MR) is 107 cm³/mol. The molecular weight excluding hydrogens is 376 g/mol. The number of carboxylic acids is 1. The lowest BCUT2D eigenvalue weighted by Crippen LogP contribution is -2.38. The van der Waals surface area contributed by atoms with Crippen LogP contribution in [0.2, 0.25) is 0 Å². The maximum atomic E-state index is 13.1. The quantitative estimate of drug-likeness (QED) is 0.674. The number of primary amides is 1. The van der Waals surface area contributed by atoms with Crippen LogP contribution in [0.15, 0.2) is 0 Å². The fourth-order valence-corrected chi connectivity index (χ4v) is 7.25. The van der Waals surface area contributed by atoms with Gasteiger partial charge in [-0.05, 0) is 61.8 Å². The van der Waals surface area contributed by atoms with Gasteiger partial charge in [-0.15, -0.1) is 11.3 Å². The van der Waals surface area contributed by atoms with E-state index in [2.05, 4.69) is 12.2 Å². The first-order valence-electron chi connectivity index (χ1n) is 10.4. The average molecular weight is 405 g/mol. The summed E-state index contributed by atoms with van der Waals surface area (Å²) in [7, 11) is 0. The summed E-state index contributed by atoms with van der Waals surface area (Å²) < 4.78 is 0. The summed E-state index contributed by atoms with van der Waals surface area (Å²) in [4.78, 5) is 38.1. The van der Waals surface area contributed by atoms with Crippen molar-refractivity contribution in [3.63, 3.8) is 0 Å². The van der Waals surface area contributed by atoms with Gasteiger partial charge >= 0.3 is 5.97 Å². The van der Waals surface area contributed by atoms with Crippen LogP contribution in [0, 0.1) is 29.6 Å². The predicted octanol–water partition coefficient (Wildman–Crippen LogP) is 3.44. The normalized spacial score (nSPS) is 30.8. The summed E-state index contributed by atoms with van der Waals surface area (Å²) in [5.41, 5.74) is 7.10. The van der Waals surface area contributed by atoms with Crippen LogP contribution < -0.4 is 11.1 Å². The molecule has 2 bridgehead atoms. The highest BCUT2D eigenvalue weighted by Crippen LogP contribution is 2.53. The summed E-state index contributed by atoms with van der Waals surface area (Å²) in [5.74, 6) is -1.93. The van der Waals surface area contributed by atoms with Crippen molar-refractivity contribution >= 4 is 34.1 Å². The van der Waals surface area contributed by atoms with E-state index >= 15 is 0 Å². The van der Waals surface area contributed by atoms with E-state index in [0.29, 0.717) is 16.5 Å². The molecule has 3 aliphatic rings. The number of anilines is 1. The van der Waals surface area contributed by atoms with Crippen LogP contribution >= 0.6 is 11.3 Å². The van der Waals surface area contributed by atoms with Crippen LogP contribution in [-0.2, 0) is 22.4 Å². The van der Waals surface area contributed by atoms with Crippen molar-refractivity contribution in [1.82, 2.24) is 0 Å². The van der Waals surface area contributed by atoms with Gasteiger partial charge in [0.05, 0.1) is 17.4 Å². The van der Waals surface area contributed by atoms with Gasteiger partial charge < -0.3 is 16.2 Å². The first kappa shape index (κ1) is 19.4. The fraction of sp³-hybridized carbons (Fsp3) is 0.667. The van der Waals surface area contributed by atoms with Gasteiger partial charge in [-0.2, -0.15) is 0 Å². The van der Waals surface area contributed by atoms with Crippen LogP contribution in [0.25, 0.3) is 0 Å². The highest BCUT2D eigenvalue weighted by Gasteiger charge is 2.54. The maximum Gasteiger partial charge on any atom is 0.307 e. The number of amides is 2. The minimum atomic E-state index is -0.879. The first-order valence-corrected chi connectivity index (χ1v) is 11.2. The second-order valence-electron chi connectivity index (χ2n) is 8.68. The van der Waals surface area contributed by atoms with E-state index in [9.17, 15) is 19.5 Å². The molecule has 28 heavy (non-hydrogen) atoms. The van der Waals surface area contributed by atoms with Gasteiger partial charge in [0.15, 0.2) is 0 Å². The summed E-state index contributed by atoms with van der Waals surface area (Å²) in [6, 6.07) is 0. The van der Waals surface area contributed by atoms with Crippen molar-refractivity contribution in [3.8, 4) is 0 Å². The topological polar surface area (TPSA) is 109 Å². The molecule has 4 N–H and O–H groups in total. The zero-order valence-corrected chi connectivity index (χ0v) is 17.0. The Morgan fingerprint density at radius 2 is 1.89 bits per heavy atom. The van der Waals surface area contributed by atoms with Crippen LogP contribution in [0.3, 0.4) is 0 Å². The van der Waals surface area contributed by atoms with Gasteiger partial charge in [0.2, 0.25) is 5.91 Å². The van der Waals surface area contributed by atoms with Crippen molar-refractivity contribution in [3.05, 3.63) is 16.0 Å². The number of nitrogens with one attached hydrogen (secondary N) is 1. The van der Waals surface area contributed by atoms with Gasteiger partial charge in [-0.1, -0.05) is 19.8 Å². The second-order valence-corrected chi connectivity index (χ2v) is 9.79. The minimum absolute atomic E-state index is 0.0974. The smallest absolute Gasteiger partial charge is 0.307 e. The molecule has 7 heteroatoms. The number of hydrogen-bond acceptors (Lipinski definition) is 4. The van der Waals surface area contributed by atoms with E-state index < -0.39 is 23.7 Å². The Labute approximate surface area is 168 Å². The van der Waals surface area contributed by atoms with Crippen LogP contribution in [0.1, 0.15) is 66.2 Å². The molecule has 4 rings (SSSR count). The van der Waals surface area contributed by atoms with Gasteiger partial charge in [0, 0.05) is 4.88 Å². The third-order valence-electron chi connectivity index (χ3n) is 7.05. The van der Waals surface area contributed by atoms with Crippen molar-refractivity contribution < 1.29 is 19.5 Å². The zero-order valence-electron chi connectivity index (χ0n) is 16.2. The van der Waals surface area contributed by atoms with E-state index in [1.54, 1.807) is 0 Å². The SMILES string of the molecule is CCC[C@H]1CCc2c(sc(NC(=O)[C@H]3[C@@H]4CC[C@@H](C4)[C@@H]3C(=O)O)c2C(N)=O)C1. The molecule has 0 aliphatic heterocycles. The number of carbonyl (C=O) groups excluding carboxylic acids is 2. The van der Waals surface area contributed by atoms with Crippen LogP contribution in [-0.4, -0.2) is 22.9 Å². The Morgan fingerprint density at radius 3 is 2.54 bits per heavy atom. The molecule has 0 radical (unpaired) electrons. The molecule has 0 unspecified atom stereocenters. The molecule has 1 heterocycles. The summed E-state index contributed by atoms with van der Waals surface area (Å²) in [5, 5.41) is 13.1. The lowest BCUT2D eigenvalue weighted by atomic mass is 9.78. The molecule has 1 aromatic rings. The molecular formula is C21H28N2O4S. The van der Waals surface area contributed by atoms with E-state index in [0.717, 1.165) is 61.8 Å². The third kappa shape index (κ3) is 3.23. The Bertz CT molecular complexity index is 818. The van der Waals surface area contributed by atoms with Crippen molar-refractivity contribution in [2.45, 2.75) is 58.3 Å². The summed E-state index contributed by atoms with van der Waals surface area (Å²) in [6.07, 6.45) is 7.70. The molecule has 6 nitrogen and oxygen atoms in total. The summed E-state index contributed by atoms with van der Waals surface area (Å²) >= 11 is 1.46. The average Bonchev–Trinajstić information content (AvgIpc) is 3.33. The van der Waals surface area contributed by atoms with Gasteiger partial charge in [0.1, 0.15) is 5.00 Å². The number of nitrogens with two attached hydrogens (primary N) is 1. The molecule has 2 saturated carbocycles. The number of fused-ring (bicyclic) bond motifs is 3. The number of carbonyl (C=O) groups is 3. The monoisotopic (exact) mass is 404 g/mol. The number of thiophene rings is 1. The van der Waals surface area contributed by atoms with Gasteiger partial charge in [-0.3, -0.25) is 14.4 Å². The Balaban J connectivity index is 1.59. The molecule has 0 spiro atoms. The standard InChI is InChI=1S/C21H28N2O4S/c1-2-3-10-4-7-13-14(8-10)28-20(17(13)18(22)24)23-19(25)15-11-5-6-12(9-11)16(15)21(26)27/h10-12,15-16H,2-9H2,1H3,(H2,22,24)(H,23,25)(H,26,27)/t10-,11+,12-,15-,16-/m0/s1. The van der Waals surface area contributed by atoms with E-state index in [4.69, 9.17) is 5.73 Å². The number of rotatable bonds is 6. The van der Waals surface area contributed by atoms with Gasteiger partial charge in [0.25, 0.3) is 5.91 Å². The number of hydrogen-bond donors (Lipinski definition) is 3. The highest BCUT2D eigenvalue weighted by molar-refractivity contribution is 7.17. The zero-order chi connectivity index (χ0) is 20.0. The largest absolute Gasteiger partial charge is 0.481 e. The third-order valence-corrected chi connectivity index (χ3v) is 8.22. The van der Waals surface area contributed by atoms with E-state index in [1.165, 1.54) is 11.3 Å². The lowest BCUT2D eigenvalue weighted by Gasteiger charge is -2.26. The second kappa shape index (κ2) is 7.50. The Hall–Kier alpha value is -1.89. The molecule has 3 aliphatic carbocycles. The molecule has 152 valence electrons. The van der Waals surface area contributed by atoms with Gasteiger partial charge in [-0.25, -0.2) is 0 Å². The molecule has 0 saturated heterocycles. The van der Waals surface area contributed by atoms with Crippen molar-refractivity contribution in [2.24, 2.45) is 35.3 Å². The highest BCUT2D eigenvalue weighted by atomic mass is 32.1. The summed E-state index contributed by atoms with van der Waals surface area (Å²) in [6.45, 7) is 2.18. The van der Waals surface area contributed by atoms with E-state index in [1.807, 2.05) is 0 Å². The Kier molecular flexibility index (Phi) is 5.21. The first-order chi connectivity index (χ1) is 13.4. The van der Waals surface area contributed by atoms with Crippen LogP contribution in [0.5, 0.6) is 0 Å². The van der Waals surface area contributed by atoms with Crippen LogP contribution in [0.4, 0.5) is 5.00 Å². The molecule has 5 atom stereocenters. The number of aliphatic carboxylic acids is 1. The Morgan fingerprint density at radius 1 is 1.18 bits per heavy atom. The fourth-order valence-electron chi connectivity index (χ4n) is 5.88. The molecule has 0 aromatic carbocycles. The lowest BCUT2D eigenvalue weighted by molar-refractivity contribution is -0.148. The minimum Gasteiger partial charge on any atom is -0.481 e.